The molecule has 2 N–H and O–H groups in total. The van der Waals surface area contributed by atoms with Crippen molar-refractivity contribution in [3.63, 3.8) is 0 Å². The average Bonchev–Trinajstić information content (AvgIpc) is 3.47. The molecule has 26 heavy (non-hydrogen) atoms. The molecule has 1 aliphatic carbocycles. The van der Waals surface area contributed by atoms with Crippen LogP contribution < -0.4 is 15.4 Å². The Labute approximate surface area is 153 Å². The van der Waals surface area contributed by atoms with Crippen LogP contribution in [0.5, 0.6) is 5.75 Å². The van der Waals surface area contributed by atoms with Crippen molar-refractivity contribution in [3.05, 3.63) is 66.2 Å². The zero-order chi connectivity index (χ0) is 18.4. The number of hydrogen-bond acceptors (Lipinski definition) is 3. The Morgan fingerprint density at radius 3 is 2.27 bits per heavy atom. The summed E-state index contributed by atoms with van der Waals surface area (Å²) in [5.74, 6) is 0.124. The van der Waals surface area contributed by atoms with Crippen LogP contribution in [-0.4, -0.2) is 31.0 Å². The SMILES string of the molecule is CC(NC(=O)COc1ccccc1)C(=O)NCC1(c2ccccc2)CC1. The van der Waals surface area contributed by atoms with Crippen LogP contribution in [-0.2, 0) is 15.0 Å². The van der Waals surface area contributed by atoms with Gasteiger partial charge in [0.2, 0.25) is 5.91 Å². The maximum atomic E-state index is 12.3. The quantitative estimate of drug-likeness (QED) is 0.767. The molecule has 1 unspecified atom stereocenters. The van der Waals surface area contributed by atoms with Gasteiger partial charge in [0.25, 0.3) is 5.91 Å². The van der Waals surface area contributed by atoms with Gasteiger partial charge < -0.3 is 15.4 Å². The van der Waals surface area contributed by atoms with Gasteiger partial charge in [0, 0.05) is 12.0 Å². The molecule has 1 saturated carbocycles. The van der Waals surface area contributed by atoms with E-state index in [0.29, 0.717) is 12.3 Å². The summed E-state index contributed by atoms with van der Waals surface area (Å²) in [6.07, 6.45) is 2.14. The fraction of sp³-hybridized carbons (Fsp3) is 0.333. The Kier molecular flexibility index (Phi) is 5.56. The van der Waals surface area contributed by atoms with Crippen LogP contribution >= 0.6 is 0 Å². The summed E-state index contributed by atoms with van der Waals surface area (Å²) in [6, 6.07) is 18.7. The highest BCUT2D eigenvalue weighted by molar-refractivity contribution is 5.87. The molecular formula is C21H24N2O3. The standard InChI is InChI=1S/C21H24N2O3/c1-16(23-19(24)14-26-18-10-6-3-7-11-18)20(25)22-15-21(12-13-21)17-8-4-2-5-9-17/h2-11,16H,12-15H2,1H3,(H,22,25)(H,23,24). The average molecular weight is 352 g/mol. The Balaban J connectivity index is 1.42. The molecule has 0 heterocycles. The molecule has 5 heteroatoms. The first-order valence-electron chi connectivity index (χ1n) is 8.89. The lowest BCUT2D eigenvalue weighted by Gasteiger charge is -2.19. The van der Waals surface area contributed by atoms with Gasteiger partial charge >= 0.3 is 0 Å². The first-order chi connectivity index (χ1) is 12.6. The summed E-state index contributed by atoms with van der Waals surface area (Å²) in [5, 5.41) is 5.64. The third-order valence-corrected chi connectivity index (χ3v) is 4.72. The van der Waals surface area contributed by atoms with Gasteiger partial charge in [-0.05, 0) is 37.5 Å². The molecule has 2 amide bonds. The molecule has 0 spiro atoms. The van der Waals surface area contributed by atoms with E-state index in [0.717, 1.165) is 12.8 Å². The minimum atomic E-state index is -0.603. The normalized spacial score (nSPS) is 15.6. The van der Waals surface area contributed by atoms with Gasteiger partial charge in [-0.2, -0.15) is 0 Å². The van der Waals surface area contributed by atoms with Gasteiger partial charge in [0.15, 0.2) is 6.61 Å². The van der Waals surface area contributed by atoms with Gasteiger partial charge in [0.1, 0.15) is 11.8 Å². The van der Waals surface area contributed by atoms with Gasteiger partial charge in [-0.3, -0.25) is 9.59 Å². The van der Waals surface area contributed by atoms with Crippen LogP contribution in [0.1, 0.15) is 25.3 Å². The molecule has 1 fully saturated rings. The number of benzene rings is 2. The molecule has 136 valence electrons. The fourth-order valence-electron chi connectivity index (χ4n) is 2.93. The number of carbonyl (C=O) groups excluding carboxylic acids is 2. The molecule has 0 saturated heterocycles. The first-order valence-corrected chi connectivity index (χ1v) is 8.89. The van der Waals surface area contributed by atoms with Crippen LogP contribution in [0.25, 0.3) is 0 Å². The number of amides is 2. The van der Waals surface area contributed by atoms with E-state index in [4.69, 9.17) is 4.74 Å². The molecule has 2 aromatic rings. The smallest absolute Gasteiger partial charge is 0.258 e. The molecule has 0 aliphatic heterocycles. The molecule has 5 nitrogen and oxygen atoms in total. The highest BCUT2D eigenvalue weighted by Gasteiger charge is 2.44. The van der Waals surface area contributed by atoms with E-state index >= 15 is 0 Å². The zero-order valence-corrected chi connectivity index (χ0v) is 14.9. The van der Waals surface area contributed by atoms with E-state index in [9.17, 15) is 9.59 Å². The van der Waals surface area contributed by atoms with Crippen LogP contribution in [0.3, 0.4) is 0 Å². The summed E-state index contributed by atoms with van der Waals surface area (Å²) in [4.78, 5) is 24.2. The lowest BCUT2D eigenvalue weighted by atomic mass is 9.96. The van der Waals surface area contributed by atoms with E-state index in [1.807, 2.05) is 36.4 Å². The molecular weight excluding hydrogens is 328 g/mol. The van der Waals surface area contributed by atoms with Crippen molar-refractivity contribution in [1.82, 2.24) is 10.6 Å². The lowest BCUT2D eigenvalue weighted by molar-refractivity contribution is -0.129. The van der Waals surface area contributed by atoms with Crippen LogP contribution in [0.2, 0.25) is 0 Å². The van der Waals surface area contributed by atoms with Crippen LogP contribution in [0, 0.1) is 0 Å². The van der Waals surface area contributed by atoms with Crippen LogP contribution in [0.4, 0.5) is 0 Å². The second-order valence-electron chi connectivity index (χ2n) is 6.76. The molecule has 2 aromatic carbocycles. The van der Waals surface area contributed by atoms with Gasteiger partial charge in [-0.15, -0.1) is 0 Å². The van der Waals surface area contributed by atoms with Crippen molar-refractivity contribution in [2.24, 2.45) is 0 Å². The van der Waals surface area contributed by atoms with E-state index in [1.165, 1.54) is 5.56 Å². The van der Waals surface area contributed by atoms with Crippen molar-refractivity contribution in [2.45, 2.75) is 31.2 Å². The maximum absolute atomic E-state index is 12.3. The van der Waals surface area contributed by atoms with Crippen molar-refractivity contribution in [2.75, 3.05) is 13.2 Å². The first kappa shape index (κ1) is 18.0. The third kappa shape index (κ3) is 4.63. The maximum Gasteiger partial charge on any atom is 0.258 e. The second-order valence-corrected chi connectivity index (χ2v) is 6.76. The summed E-state index contributed by atoms with van der Waals surface area (Å²) >= 11 is 0. The Bertz CT molecular complexity index is 742. The minimum absolute atomic E-state index is 0.0526. The molecule has 0 aromatic heterocycles. The van der Waals surface area contributed by atoms with E-state index in [1.54, 1.807) is 19.1 Å². The largest absolute Gasteiger partial charge is 0.484 e. The topological polar surface area (TPSA) is 67.4 Å². The molecule has 0 bridgehead atoms. The number of para-hydroxylation sites is 1. The van der Waals surface area contributed by atoms with Crippen molar-refractivity contribution < 1.29 is 14.3 Å². The third-order valence-electron chi connectivity index (χ3n) is 4.72. The monoisotopic (exact) mass is 352 g/mol. The van der Waals surface area contributed by atoms with Gasteiger partial charge in [0.05, 0.1) is 0 Å². The molecule has 1 aliphatic rings. The Morgan fingerprint density at radius 1 is 1.04 bits per heavy atom. The number of hydrogen-bond donors (Lipinski definition) is 2. The second kappa shape index (κ2) is 8.04. The van der Waals surface area contributed by atoms with E-state index in [-0.39, 0.29) is 23.8 Å². The lowest BCUT2D eigenvalue weighted by Crippen LogP contribution is -2.47. The Morgan fingerprint density at radius 2 is 1.65 bits per heavy atom. The van der Waals surface area contributed by atoms with Crippen molar-refractivity contribution >= 4 is 11.8 Å². The summed E-state index contributed by atoms with van der Waals surface area (Å²) in [5.41, 5.74) is 1.31. The number of carbonyl (C=O) groups is 2. The fourth-order valence-corrected chi connectivity index (χ4v) is 2.93. The predicted octanol–water partition coefficient (Wildman–Crippen LogP) is 2.42. The molecule has 1 atom stereocenters. The van der Waals surface area contributed by atoms with Crippen molar-refractivity contribution in [3.8, 4) is 5.75 Å². The number of ether oxygens (including phenoxy) is 1. The summed E-state index contributed by atoms with van der Waals surface area (Å²) in [6.45, 7) is 2.16. The highest BCUT2D eigenvalue weighted by atomic mass is 16.5. The summed E-state index contributed by atoms with van der Waals surface area (Å²) < 4.78 is 5.39. The zero-order valence-electron chi connectivity index (χ0n) is 14.9. The van der Waals surface area contributed by atoms with Gasteiger partial charge in [-0.25, -0.2) is 0 Å². The minimum Gasteiger partial charge on any atom is -0.484 e. The summed E-state index contributed by atoms with van der Waals surface area (Å²) in [7, 11) is 0. The van der Waals surface area contributed by atoms with E-state index < -0.39 is 6.04 Å². The Hall–Kier alpha value is -2.82. The van der Waals surface area contributed by atoms with Crippen LogP contribution in [0.15, 0.2) is 60.7 Å². The number of rotatable bonds is 8. The predicted molar refractivity (Wildman–Crippen MR) is 99.9 cm³/mol. The molecule has 3 rings (SSSR count). The molecule has 0 radical (unpaired) electrons. The van der Waals surface area contributed by atoms with Crippen molar-refractivity contribution in [1.29, 1.82) is 0 Å². The highest BCUT2D eigenvalue weighted by Crippen LogP contribution is 2.47. The van der Waals surface area contributed by atoms with Gasteiger partial charge in [-0.1, -0.05) is 48.5 Å². The van der Waals surface area contributed by atoms with E-state index in [2.05, 4.69) is 22.8 Å². The number of nitrogens with one attached hydrogen (secondary N) is 2.